The lowest BCUT2D eigenvalue weighted by Gasteiger charge is -2.08. The van der Waals surface area contributed by atoms with Crippen LogP contribution in [-0.2, 0) is 4.79 Å². The highest BCUT2D eigenvalue weighted by Gasteiger charge is 2.10. The monoisotopic (exact) mass is 231 g/mol. The van der Waals surface area contributed by atoms with Crippen molar-refractivity contribution >= 4 is 23.2 Å². The fraction of sp³-hybridized carbons (Fsp3) is 0.300. The maximum atomic E-state index is 13.2. The number of hydrogen-bond acceptors (Lipinski definition) is 2. The lowest BCUT2D eigenvalue weighted by atomic mass is 10.3. The minimum atomic E-state index is -0.657. The first kappa shape index (κ1) is 11.8. The van der Waals surface area contributed by atoms with Gasteiger partial charge in [-0.25, -0.2) is 4.39 Å². The zero-order valence-corrected chi connectivity index (χ0v) is 9.14. The smallest absolute Gasteiger partial charge is 0.242 e. The van der Waals surface area contributed by atoms with Gasteiger partial charge in [0.25, 0.3) is 0 Å². The molecule has 1 aromatic rings. The standard InChI is InChI=1S/C10H11ClFNO2/c1-6(11)10(14)13-7-3-4-9(15-2)8(12)5-7/h3-6H,1-2H3,(H,13,14). The summed E-state index contributed by atoms with van der Waals surface area (Å²) in [6, 6.07) is 4.15. The van der Waals surface area contributed by atoms with Crippen molar-refractivity contribution in [1.29, 1.82) is 0 Å². The molecule has 0 aliphatic heterocycles. The molecule has 1 amide bonds. The topological polar surface area (TPSA) is 38.3 Å². The Kier molecular flexibility index (Phi) is 3.91. The summed E-state index contributed by atoms with van der Waals surface area (Å²) in [6.45, 7) is 1.54. The molecule has 0 aliphatic carbocycles. The quantitative estimate of drug-likeness (QED) is 0.812. The van der Waals surface area contributed by atoms with Crippen molar-refractivity contribution in [3.8, 4) is 5.75 Å². The second-order valence-electron chi connectivity index (χ2n) is 2.95. The van der Waals surface area contributed by atoms with E-state index >= 15 is 0 Å². The van der Waals surface area contributed by atoms with Crippen LogP contribution in [0.15, 0.2) is 18.2 Å². The van der Waals surface area contributed by atoms with Crippen LogP contribution < -0.4 is 10.1 Å². The molecule has 5 heteroatoms. The fourth-order valence-electron chi connectivity index (χ4n) is 0.986. The van der Waals surface area contributed by atoms with Gasteiger partial charge >= 0.3 is 0 Å². The predicted molar refractivity (Wildman–Crippen MR) is 56.9 cm³/mol. The molecular weight excluding hydrogens is 221 g/mol. The molecule has 0 aromatic heterocycles. The molecule has 0 spiro atoms. The van der Waals surface area contributed by atoms with E-state index in [1.54, 1.807) is 6.07 Å². The van der Waals surface area contributed by atoms with Crippen molar-refractivity contribution in [3.05, 3.63) is 24.0 Å². The van der Waals surface area contributed by atoms with E-state index in [0.29, 0.717) is 5.69 Å². The van der Waals surface area contributed by atoms with E-state index < -0.39 is 11.2 Å². The number of amides is 1. The molecule has 1 unspecified atom stereocenters. The summed E-state index contributed by atoms with van der Waals surface area (Å²) in [5, 5.41) is 1.81. The van der Waals surface area contributed by atoms with Gasteiger partial charge in [-0.1, -0.05) is 0 Å². The highest BCUT2D eigenvalue weighted by Crippen LogP contribution is 2.20. The first-order valence-corrected chi connectivity index (χ1v) is 4.76. The van der Waals surface area contributed by atoms with Crippen LogP contribution in [0.5, 0.6) is 5.75 Å². The lowest BCUT2D eigenvalue weighted by Crippen LogP contribution is -2.20. The molecule has 0 aliphatic rings. The Morgan fingerprint density at radius 1 is 1.60 bits per heavy atom. The highest BCUT2D eigenvalue weighted by atomic mass is 35.5. The molecular formula is C10H11ClFNO2. The van der Waals surface area contributed by atoms with E-state index in [0.717, 1.165) is 0 Å². The maximum absolute atomic E-state index is 13.2. The van der Waals surface area contributed by atoms with Crippen LogP contribution in [0.3, 0.4) is 0 Å². The van der Waals surface area contributed by atoms with Crippen LogP contribution in [0.1, 0.15) is 6.92 Å². The Morgan fingerprint density at radius 2 is 2.27 bits per heavy atom. The third-order valence-electron chi connectivity index (χ3n) is 1.78. The average molecular weight is 232 g/mol. The summed E-state index contributed by atoms with van der Waals surface area (Å²) >= 11 is 5.55. The summed E-state index contributed by atoms with van der Waals surface area (Å²) in [5.41, 5.74) is 0.353. The first-order chi connectivity index (χ1) is 7.04. The van der Waals surface area contributed by atoms with Gasteiger partial charge in [-0.2, -0.15) is 0 Å². The van der Waals surface area contributed by atoms with E-state index in [9.17, 15) is 9.18 Å². The SMILES string of the molecule is COc1ccc(NC(=O)C(C)Cl)cc1F. The molecule has 15 heavy (non-hydrogen) atoms. The Morgan fingerprint density at radius 3 is 2.73 bits per heavy atom. The van der Waals surface area contributed by atoms with Gasteiger partial charge in [0, 0.05) is 11.8 Å². The number of nitrogens with one attached hydrogen (secondary N) is 1. The average Bonchev–Trinajstić information content (AvgIpc) is 2.18. The predicted octanol–water partition coefficient (Wildman–Crippen LogP) is 2.40. The van der Waals surface area contributed by atoms with E-state index in [-0.39, 0.29) is 11.7 Å². The van der Waals surface area contributed by atoms with Crippen LogP contribution in [0, 0.1) is 5.82 Å². The molecule has 0 saturated heterocycles. The van der Waals surface area contributed by atoms with Crippen molar-refractivity contribution in [2.75, 3.05) is 12.4 Å². The normalized spacial score (nSPS) is 12.0. The Balaban J connectivity index is 2.80. The molecule has 1 atom stereocenters. The second-order valence-corrected chi connectivity index (χ2v) is 3.61. The molecule has 0 radical (unpaired) electrons. The van der Waals surface area contributed by atoms with E-state index in [1.165, 1.54) is 26.2 Å². The third-order valence-corrected chi connectivity index (χ3v) is 1.98. The van der Waals surface area contributed by atoms with Crippen molar-refractivity contribution in [1.82, 2.24) is 0 Å². The van der Waals surface area contributed by atoms with Crippen LogP contribution in [0.25, 0.3) is 0 Å². The Hall–Kier alpha value is -1.29. The molecule has 0 heterocycles. The molecule has 0 saturated carbocycles. The first-order valence-electron chi connectivity index (χ1n) is 4.33. The second kappa shape index (κ2) is 4.98. The number of anilines is 1. The summed E-state index contributed by atoms with van der Waals surface area (Å²) in [5.74, 6) is -0.773. The zero-order chi connectivity index (χ0) is 11.4. The van der Waals surface area contributed by atoms with Gasteiger partial charge in [0.1, 0.15) is 5.38 Å². The molecule has 0 bridgehead atoms. The number of alkyl halides is 1. The number of carbonyl (C=O) groups is 1. The highest BCUT2D eigenvalue weighted by molar-refractivity contribution is 6.32. The van der Waals surface area contributed by atoms with Gasteiger partial charge in [-0.15, -0.1) is 11.6 Å². The fourth-order valence-corrected chi connectivity index (χ4v) is 1.04. The zero-order valence-electron chi connectivity index (χ0n) is 8.38. The summed E-state index contributed by atoms with van der Waals surface area (Å²) < 4.78 is 17.9. The molecule has 1 N–H and O–H groups in total. The maximum Gasteiger partial charge on any atom is 0.242 e. The minimum absolute atomic E-state index is 0.131. The van der Waals surface area contributed by atoms with Gasteiger partial charge in [0.2, 0.25) is 5.91 Å². The third kappa shape index (κ3) is 3.09. The number of halogens is 2. The van der Waals surface area contributed by atoms with E-state index in [4.69, 9.17) is 16.3 Å². The van der Waals surface area contributed by atoms with Gasteiger partial charge in [-0.05, 0) is 19.1 Å². The Bertz CT molecular complexity index is 368. The number of ether oxygens (including phenoxy) is 1. The van der Waals surface area contributed by atoms with Gasteiger partial charge in [-0.3, -0.25) is 4.79 Å². The molecule has 3 nitrogen and oxygen atoms in total. The number of benzene rings is 1. The summed E-state index contributed by atoms with van der Waals surface area (Å²) in [4.78, 5) is 11.2. The minimum Gasteiger partial charge on any atom is -0.494 e. The molecule has 1 aromatic carbocycles. The van der Waals surface area contributed by atoms with Crippen LogP contribution in [-0.4, -0.2) is 18.4 Å². The van der Waals surface area contributed by atoms with Crippen LogP contribution >= 0.6 is 11.6 Å². The number of carbonyl (C=O) groups excluding carboxylic acids is 1. The van der Waals surface area contributed by atoms with Crippen molar-refractivity contribution in [2.24, 2.45) is 0 Å². The van der Waals surface area contributed by atoms with Gasteiger partial charge in [0.05, 0.1) is 7.11 Å². The van der Waals surface area contributed by atoms with Crippen LogP contribution in [0.2, 0.25) is 0 Å². The van der Waals surface area contributed by atoms with E-state index in [2.05, 4.69) is 5.32 Å². The lowest BCUT2D eigenvalue weighted by molar-refractivity contribution is -0.115. The van der Waals surface area contributed by atoms with Gasteiger partial charge in [0.15, 0.2) is 11.6 Å². The number of hydrogen-bond donors (Lipinski definition) is 1. The summed E-state index contributed by atoms with van der Waals surface area (Å²) in [7, 11) is 1.37. The van der Waals surface area contributed by atoms with Crippen LogP contribution in [0.4, 0.5) is 10.1 Å². The van der Waals surface area contributed by atoms with Gasteiger partial charge < -0.3 is 10.1 Å². The van der Waals surface area contributed by atoms with Crippen molar-refractivity contribution < 1.29 is 13.9 Å². The number of rotatable bonds is 3. The van der Waals surface area contributed by atoms with Crippen molar-refractivity contribution in [2.45, 2.75) is 12.3 Å². The molecule has 82 valence electrons. The largest absolute Gasteiger partial charge is 0.494 e. The summed E-state index contributed by atoms with van der Waals surface area (Å²) in [6.07, 6.45) is 0. The molecule has 1 rings (SSSR count). The Labute approximate surface area is 92.2 Å². The van der Waals surface area contributed by atoms with E-state index in [1.807, 2.05) is 0 Å². The number of methoxy groups -OCH3 is 1. The van der Waals surface area contributed by atoms with Crippen molar-refractivity contribution in [3.63, 3.8) is 0 Å². The molecule has 0 fully saturated rings.